The summed E-state index contributed by atoms with van der Waals surface area (Å²) in [6.45, 7) is 2.63. The third-order valence-corrected chi connectivity index (χ3v) is 3.09. The highest BCUT2D eigenvalue weighted by molar-refractivity contribution is 5.92. The van der Waals surface area contributed by atoms with Gasteiger partial charge in [0.05, 0.1) is 23.2 Å². The van der Waals surface area contributed by atoms with Crippen molar-refractivity contribution in [2.75, 3.05) is 13.2 Å². The first-order valence-corrected chi connectivity index (χ1v) is 6.61. The van der Waals surface area contributed by atoms with E-state index in [-0.39, 0.29) is 12.2 Å². The average Bonchev–Trinajstić information content (AvgIpc) is 2.80. The summed E-state index contributed by atoms with van der Waals surface area (Å²) >= 11 is 0. The minimum absolute atomic E-state index is 0.130. The molecule has 0 saturated heterocycles. The van der Waals surface area contributed by atoms with Crippen LogP contribution in [-0.2, 0) is 22.5 Å². The molecule has 2 aromatic rings. The van der Waals surface area contributed by atoms with E-state index < -0.39 is 11.9 Å². The van der Waals surface area contributed by atoms with Crippen molar-refractivity contribution < 1.29 is 19.4 Å². The molecule has 1 amide bonds. The van der Waals surface area contributed by atoms with Gasteiger partial charge in [-0.1, -0.05) is 6.92 Å². The van der Waals surface area contributed by atoms with Crippen LogP contribution in [0.1, 0.15) is 23.1 Å². The van der Waals surface area contributed by atoms with E-state index in [1.165, 1.54) is 6.07 Å². The van der Waals surface area contributed by atoms with Crippen LogP contribution < -0.4 is 5.73 Å². The number of aromatic nitrogens is 2. The molecule has 3 N–H and O–H groups in total. The van der Waals surface area contributed by atoms with Crippen LogP contribution in [-0.4, -0.2) is 39.7 Å². The van der Waals surface area contributed by atoms with E-state index in [2.05, 4.69) is 4.98 Å². The van der Waals surface area contributed by atoms with Crippen molar-refractivity contribution in [1.82, 2.24) is 9.55 Å². The van der Waals surface area contributed by atoms with E-state index in [1.807, 2.05) is 11.5 Å². The number of amides is 1. The monoisotopic (exact) mass is 291 g/mol. The van der Waals surface area contributed by atoms with Crippen LogP contribution in [0.5, 0.6) is 0 Å². The molecule has 0 bridgehead atoms. The van der Waals surface area contributed by atoms with Gasteiger partial charge in [0.25, 0.3) is 0 Å². The van der Waals surface area contributed by atoms with Crippen LogP contribution in [0.25, 0.3) is 11.0 Å². The maximum atomic E-state index is 11.1. The van der Waals surface area contributed by atoms with E-state index in [0.717, 1.165) is 16.9 Å². The molecule has 112 valence electrons. The summed E-state index contributed by atoms with van der Waals surface area (Å²) in [5.74, 6) is -0.655. The number of carbonyl (C=O) groups excluding carboxylic acids is 1. The number of aromatic carboxylic acids is 1. The third-order valence-electron chi connectivity index (χ3n) is 3.09. The summed E-state index contributed by atoms with van der Waals surface area (Å²) in [5, 5.41) is 9.07. The molecule has 0 spiro atoms. The van der Waals surface area contributed by atoms with Gasteiger partial charge >= 0.3 is 5.97 Å². The number of aryl methyl sites for hydroxylation is 1. The van der Waals surface area contributed by atoms with Gasteiger partial charge in [-0.2, -0.15) is 0 Å². The maximum Gasteiger partial charge on any atom is 0.335 e. The summed E-state index contributed by atoms with van der Waals surface area (Å²) in [4.78, 5) is 26.2. The lowest BCUT2D eigenvalue weighted by Crippen LogP contribution is -2.20. The number of fused-ring (bicyclic) bond motifs is 1. The molecule has 2 rings (SSSR count). The fraction of sp³-hybridized carbons (Fsp3) is 0.357. The first kappa shape index (κ1) is 15.0. The second kappa shape index (κ2) is 6.36. The van der Waals surface area contributed by atoms with E-state index in [1.54, 1.807) is 12.1 Å². The predicted molar refractivity (Wildman–Crippen MR) is 76.1 cm³/mol. The van der Waals surface area contributed by atoms with Crippen LogP contribution in [0, 0.1) is 0 Å². The number of carboxylic acid groups (broad SMARTS) is 1. The number of hydrogen-bond acceptors (Lipinski definition) is 4. The number of carbonyl (C=O) groups is 2. The lowest BCUT2D eigenvalue weighted by Gasteiger charge is -2.08. The largest absolute Gasteiger partial charge is 0.478 e. The van der Waals surface area contributed by atoms with Crippen molar-refractivity contribution in [3.8, 4) is 0 Å². The van der Waals surface area contributed by atoms with E-state index in [0.29, 0.717) is 19.6 Å². The number of rotatable bonds is 7. The molecule has 1 aromatic carbocycles. The lowest BCUT2D eigenvalue weighted by atomic mass is 10.2. The topological polar surface area (TPSA) is 107 Å². The summed E-state index contributed by atoms with van der Waals surface area (Å²) in [7, 11) is 0. The van der Waals surface area contributed by atoms with Crippen LogP contribution >= 0.6 is 0 Å². The Kier molecular flexibility index (Phi) is 4.54. The zero-order valence-corrected chi connectivity index (χ0v) is 11.7. The number of carboxylic acids is 1. The van der Waals surface area contributed by atoms with Gasteiger partial charge in [0, 0.05) is 13.0 Å². The molecular weight excluding hydrogens is 274 g/mol. The van der Waals surface area contributed by atoms with Gasteiger partial charge < -0.3 is 20.1 Å². The van der Waals surface area contributed by atoms with Crippen LogP contribution in [0.2, 0.25) is 0 Å². The second-order valence-corrected chi connectivity index (χ2v) is 4.56. The molecule has 21 heavy (non-hydrogen) atoms. The van der Waals surface area contributed by atoms with Gasteiger partial charge in [-0.3, -0.25) is 4.79 Å². The molecule has 1 aromatic heterocycles. The SMILES string of the molecule is CCc1nc2ccc(C(=O)O)cc2n1CCOCC(N)=O. The number of imidazole rings is 1. The highest BCUT2D eigenvalue weighted by Gasteiger charge is 2.12. The Morgan fingerprint density at radius 1 is 1.43 bits per heavy atom. The average molecular weight is 291 g/mol. The fourth-order valence-electron chi connectivity index (χ4n) is 2.15. The Bertz CT molecular complexity index is 678. The Labute approximate surface area is 121 Å². The Morgan fingerprint density at radius 2 is 2.19 bits per heavy atom. The highest BCUT2D eigenvalue weighted by Crippen LogP contribution is 2.18. The smallest absolute Gasteiger partial charge is 0.335 e. The molecule has 0 atom stereocenters. The van der Waals surface area contributed by atoms with Crippen molar-refractivity contribution in [2.24, 2.45) is 5.73 Å². The maximum absolute atomic E-state index is 11.1. The molecule has 7 heteroatoms. The molecule has 0 unspecified atom stereocenters. The molecule has 1 heterocycles. The van der Waals surface area contributed by atoms with Crippen LogP contribution in [0.15, 0.2) is 18.2 Å². The van der Waals surface area contributed by atoms with Gasteiger partial charge in [-0.05, 0) is 18.2 Å². The molecule has 0 fully saturated rings. The fourth-order valence-corrected chi connectivity index (χ4v) is 2.15. The Balaban J connectivity index is 2.28. The van der Waals surface area contributed by atoms with Crippen LogP contribution in [0.3, 0.4) is 0 Å². The van der Waals surface area contributed by atoms with Crippen molar-refractivity contribution in [1.29, 1.82) is 0 Å². The highest BCUT2D eigenvalue weighted by atomic mass is 16.5. The third kappa shape index (κ3) is 3.38. The van der Waals surface area contributed by atoms with Gasteiger partial charge in [-0.25, -0.2) is 9.78 Å². The van der Waals surface area contributed by atoms with Crippen molar-refractivity contribution in [2.45, 2.75) is 19.9 Å². The number of ether oxygens (including phenoxy) is 1. The van der Waals surface area contributed by atoms with E-state index >= 15 is 0 Å². The summed E-state index contributed by atoms with van der Waals surface area (Å²) in [5.41, 5.74) is 6.70. The van der Waals surface area contributed by atoms with E-state index in [9.17, 15) is 9.59 Å². The minimum Gasteiger partial charge on any atom is -0.478 e. The lowest BCUT2D eigenvalue weighted by molar-refractivity contribution is -0.122. The zero-order chi connectivity index (χ0) is 15.4. The Hall–Kier alpha value is -2.41. The van der Waals surface area contributed by atoms with Gasteiger partial charge in [0.1, 0.15) is 12.4 Å². The van der Waals surface area contributed by atoms with Crippen molar-refractivity contribution in [3.63, 3.8) is 0 Å². The molecule has 0 aliphatic carbocycles. The summed E-state index contributed by atoms with van der Waals surface area (Å²) < 4.78 is 7.06. The molecule has 7 nitrogen and oxygen atoms in total. The minimum atomic E-state index is -0.979. The van der Waals surface area contributed by atoms with Gasteiger partial charge in [-0.15, -0.1) is 0 Å². The molecule has 0 aliphatic rings. The number of primary amides is 1. The van der Waals surface area contributed by atoms with E-state index in [4.69, 9.17) is 15.6 Å². The summed E-state index contributed by atoms with van der Waals surface area (Å²) in [6.07, 6.45) is 0.715. The number of hydrogen-bond donors (Lipinski definition) is 2. The van der Waals surface area contributed by atoms with Crippen molar-refractivity contribution in [3.05, 3.63) is 29.6 Å². The Morgan fingerprint density at radius 3 is 2.81 bits per heavy atom. The molecular formula is C14H17N3O4. The summed E-state index contributed by atoms with van der Waals surface area (Å²) in [6, 6.07) is 4.82. The number of nitrogens with two attached hydrogens (primary N) is 1. The van der Waals surface area contributed by atoms with Gasteiger partial charge in [0.15, 0.2) is 0 Å². The first-order chi connectivity index (χ1) is 10.0. The zero-order valence-electron chi connectivity index (χ0n) is 11.7. The number of benzene rings is 1. The van der Waals surface area contributed by atoms with Crippen molar-refractivity contribution >= 4 is 22.9 Å². The van der Waals surface area contributed by atoms with Crippen LogP contribution in [0.4, 0.5) is 0 Å². The standard InChI is InChI=1S/C14H17N3O4/c1-2-13-16-10-4-3-9(14(19)20)7-11(10)17(13)5-6-21-8-12(15)18/h3-4,7H,2,5-6,8H2,1H3,(H2,15,18)(H,19,20). The second-order valence-electron chi connectivity index (χ2n) is 4.56. The predicted octanol–water partition coefficient (Wildman–Crippen LogP) is 0.799. The first-order valence-electron chi connectivity index (χ1n) is 6.61. The normalized spacial score (nSPS) is 10.9. The van der Waals surface area contributed by atoms with Gasteiger partial charge in [0.2, 0.25) is 5.91 Å². The molecule has 0 aliphatic heterocycles. The quantitative estimate of drug-likeness (QED) is 0.734. The molecule has 0 radical (unpaired) electrons. The molecule has 0 saturated carbocycles. The number of nitrogens with zero attached hydrogens (tertiary/aromatic N) is 2.